The predicted molar refractivity (Wildman–Crippen MR) is 72.9 cm³/mol. The van der Waals surface area contributed by atoms with E-state index in [4.69, 9.17) is 0 Å². The summed E-state index contributed by atoms with van der Waals surface area (Å²) in [7, 11) is 3.93. The first-order chi connectivity index (χ1) is 8.45. The van der Waals surface area contributed by atoms with E-state index in [1.165, 1.54) is 0 Å². The van der Waals surface area contributed by atoms with Crippen LogP contribution in [0.5, 0.6) is 0 Å². The Morgan fingerprint density at radius 1 is 1.33 bits per heavy atom. The molecule has 0 saturated heterocycles. The van der Waals surface area contributed by atoms with Crippen LogP contribution in [-0.2, 0) is 13.1 Å². The van der Waals surface area contributed by atoms with Crippen molar-refractivity contribution in [1.82, 2.24) is 19.7 Å². The second-order valence-electron chi connectivity index (χ2n) is 4.92. The van der Waals surface area contributed by atoms with E-state index in [-0.39, 0.29) is 5.56 Å². The third-order valence-corrected chi connectivity index (χ3v) is 3.23. The van der Waals surface area contributed by atoms with Gasteiger partial charge in [0, 0.05) is 24.0 Å². The van der Waals surface area contributed by atoms with Crippen LogP contribution in [0, 0.1) is 13.8 Å². The molecule has 5 nitrogen and oxygen atoms in total. The molecule has 0 saturated carbocycles. The van der Waals surface area contributed by atoms with Crippen molar-refractivity contribution in [3.8, 4) is 0 Å². The molecule has 0 aliphatic carbocycles. The predicted octanol–water partition coefficient (Wildman–Crippen LogP) is 1.42. The summed E-state index contributed by atoms with van der Waals surface area (Å²) in [5, 5.41) is 5.54. The summed E-state index contributed by atoms with van der Waals surface area (Å²) in [4.78, 5) is 17.1. The minimum atomic E-state index is -0.0108. The number of nitrogens with zero attached hydrogens (tertiary/aromatic N) is 3. The Balaban J connectivity index is 2.77. The summed E-state index contributed by atoms with van der Waals surface area (Å²) in [6.45, 7) is 7.41. The molecular weight excluding hydrogens is 228 g/mol. The van der Waals surface area contributed by atoms with Gasteiger partial charge in [0.1, 0.15) is 5.65 Å². The Labute approximate surface area is 106 Å². The Kier molecular flexibility index (Phi) is 3.26. The lowest BCUT2D eigenvalue weighted by Gasteiger charge is -2.12. The Bertz CT molecular complexity index is 636. The molecule has 0 bridgehead atoms. The van der Waals surface area contributed by atoms with E-state index in [9.17, 15) is 4.79 Å². The zero-order valence-corrected chi connectivity index (χ0v) is 11.7. The van der Waals surface area contributed by atoms with Crippen LogP contribution in [0.15, 0.2) is 4.79 Å². The summed E-state index contributed by atoms with van der Waals surface area (Å²) in [5.41, 5.74) is 3.66. The van der Waals surface area contributed by atoms with Crippen LogP contribution in [-0.4, -0.2) is 33.8 Å². The van der Waals surface area contributed by atoms with Gasteiger partial charge < -0.3 is 9.88 Å². The minimum Gasteiger partial charge on any atom is -0.306 e. The molecule has 98 valence electrons. The molecule has 5 heteroatoms. The van der Waals surface area contributed by atoms with Gasteiger partial charge in [0.05, 0.1) is 5.69 Å². The molecular formula is C13H20N4O. The first kappa shape index (κ1) is 12.8. The smallest absolute Gasteiger partial charge is 0.254 e. The summed E-state index contributed by atoms with van der Waals surface area (Å²) in [6, 6.07) is 0. The van der Waals surface area contributed by atoms with Gasteiger partial charge in [0.25, 0.3) is 5.56 Å². The molecule has 0 aliphatic heterocycles. The van der Waals surface area contributed by atoms with Crippen LogP contribution in [0.1, 0.15) is 23.7 Å². The second kappa shape index (κ2) is 4.57. The van der Waals surface area contributed by atoms with Crippen molar-refractivity contribution in [2.24, 2.45) is 0 Å². The van der Waals surface area contributed by atoms with Crippen LogP contribution in [0.3, 0.4) is 0 Å². The van der Waals surface area contributed by atoms with Gasteiger partial charge in [-0.2, -0.15) is 5.10 Å². The van der Waals surface area contributed by atoms with E-state index >= 15 is 0 Å². The topological polar surface area (TPSA) is 53.9 Å². The van der Waals surface area contributed by atoms with Gasteiger partial charge in [0.2, 0.25) is 0 Å². The number of pyridine rings is 1. The number of aryl methyl sites for hydroxylation is 3. The van der Waals surface area contributed by atoms with Crippen LogP contribution in [0.25, 0.3) is 11.0 Å². The van der Waals surface area contributed by atoms with Gasteiger partial charge in [-0.05, 0) is 40.4 Å². The number of hydrogen-bond acceptors (Lipinski definition) is 3. The van der Waals surface area contributed by atoms with Crippen molar-refractivity contribution in [3.63, 3.8) is 0 Å². The van der Waals surface area contributed by atoms with Crippen molar-refractivity contribution < 1.29 is 0 Å². The summed E-state index contributed by atoms with van der Waals surface area (Å²) in [6.07, 6.45) is 0. The van der Waals surface area contributed by atoms with E-state index < -0.39 is 0 Å². The third-order valence-electron chi connectivity index (χ3n) is 3.23. The van der Waals surface area contributed by atoms with Gasteiger partial charge in [-0.25, -0.2) is 4.68 Å². The molecule has 2 aromatic heterocycles. The van der Waals surface area contributed by atoms with Gasteiger partial charge >= 0.3 is 0 Å². The molecule has 2 rings (SSSR count). The third kappa shape index (κ3) is 1.95. The van der Waals surface area contributed by atoms with Crippen molar-refractivity contribution in [1.29, 1.82) is 0 Å². The van der Waals surface area contributed by atoms with Crippen molar-refractivity contribution >= 4 is 11.0 Å². The molecule has 0 radical (unpaired) electrons. The number of H-pyrrole nitrogens is 1. The largest absolute Gasteiger partial charge is 0.306 e. The molecule has 0 fully saturated rings. The molecule has 0 amide bonds. The molecule has 0 atom stereocenters. The van der Waals surface area contributed by atoms with Crippen molar-refractivity contribution in [2.75, 3.05) is 14.1 Å². The van der Waals surface area contributed by atoms with Crippen LogP contribution in [0.2, 0.25) is 0 Å². The number of hydrogen-bond donors (Lipinski definition) is 1. The first-order valence-corrected chi connectivity index (χ1v) is 6.19. The van der Waals surface area contributed by atoms with E-state index in [0.29, 0.717) is 6.54 Å². The Hall–Kier alpha value is -1.62. The fourth-order valence-electron chi connectivity index (χ4n) is 2.40. The summed E-state index contributed by atoms with van der Waals surface area (Å²) in [5.74, 6) is 0. The summed E-state index contributed by atoms with van der Waals surface area (Å²) < 4.78 is 1.85. The van der Waals surface area contributed by atoms with Crippen molar-refractivity contribution in [3.05, 3.63) is 27.2 Å². The summed E-state index contributed by atoms with van der Waals surface area (Å²) >= 11 is 0. The highest BCUT2D eigenvalue weighted by Crippen LogP contribution is 2.21. The molecule has 18 heavy (non-hydrogen) atoms. The molecule has 0 aromatic carbocycles. The fraction of sp³-hybridized carbons (Fsp3) is 0.538. The van der Waals surface area contributed by atoms with E-state index in [1.807, 2.05) is 44.4 Å². The molecule has 0 unspecified atom stereocenters. The average molecular weight is 248 g/mol. The zero-order valence-electron chi connectivity index (χ0n) is 11.7. The van der Waals surface area contributed by atoms with Gasteiger partial charge in [-0.3, -0.25) is 4.79 Å². The average Bonchev–Trinajstić information content (AvgIpc) is 2.60. The van der Waals surface area contributed by atoms with Gasteiger partial charge in [0.15, 0.2) is 0 Å². The van der Waals surface area contributed by atoms with Crippen LogP contribution < -0.4 is 5.56 Å². The highest BCUT2D eigenvalue weighted by Gasteiger charge is 2.15. The fourth-order valence-corrected chi connectivity index (χ4v) is 2.40. The highest BCUT2D eigenvalue weighted by molar-refractivity contribution is 5.82. The lowest BCUT2D eigenvalue weighted by molar-refractivity contribution is 0.399. The maximum atomic E-state index is 12.1. The van der Waals surface area contributed by atoms with Crippen LogP contribution in [0.4, 0.5) is 0 Å². The highest BCUT2D eigenvalue weighted by atomic mass is 16.1. The number of fused-ring (bicyclic) bond motifs is 1. The normalized spacial score (nSPS) is 11.7. The van der Waals surface area contributed by atoms with Crippen LogP contribution >= 0.6 is 0 Å². The lowest BCUT2D eigenvalue weighted by atomic mass is 10.1. The maximum absolute atomic E-state index is 12.1. The number of nitrogens with one attached hydrogen (secondary N) is 1. The van der Waals surface area contributed by atoms with Gasteiger partial charge in [-0.15, -0.1) is 0 Å². The quantitative estimate of drug-likeness (QED) is 0.894. The van der Waals surface area contributed by atoms with Gasteiger partial charge in [-0.1, -0.05) is 0 Å². The molecule has 2 aromatic rings. The molecule has 0 spiro atoms. The standard InChI is InChI=1S/C13H20N4O/c1-6-17-12-11(9(3)15-17)8(2)10(7-16(4)5)13(18)14-12/h6-7H2,1-5H3,(H,14,18). The van der Waals surface area contributed by atoms with E-state index in [1.54, 1.807) is 0 Å². The zero-order chi connectivity index (χ0) is 13.4. The van der Waals surface area contributed by atoms with E-state index in [2.05, 4.69) is 10.1 Å². The Morgan fingerprint density at radius 2 is 2.00 bits per heavy atom. The minimum absolute atomic E-state index is 0.0108. The number of rotatable bonds is 3. The number of aromatic nitrogens is 3. The van der Waals surface area contributed by atoms with E-state index in [0.717, 1.165) is 34.4 Å². The maximum Gasteiger partial charge on any atom is 0.254 e. The molecule has 0 aliphatic rings. The monoisotopic (exact) mass is 248 g/mol. The molecule has 1 N–H and O–H groups in total. The Morgan fingerprint density at radius 3 is 2.56 bits per heavy atom. The second-order valence-corrected chi connectivity index (χ2v) is 4.92. The lowest BCUT2D eigenvalue weighted by Crippen LogP contribution is -2.22. The number of aromatic amines is 1. The van der Waals surface area contributed by atoms with Crippen molar-refractivity contribution in [2.45, 2.75) is 33.9 Å². The SMILES string of the molecule is CCn1nc(C)c2c(C)c(CN(C)C)c(=O)[nH]c21. The molecule has 2 heterocycles. The first-order valence-electron chi connectivity index (χ1n) is 6.19.